The van der Waals surface area contributed by atoms with Crippen LogP contribution in [0.1, 0.15) is 10.4 Å². The maximum absolute atomic E-state index is 10.8. The first-order valence-corrected chi connectivity index (χ1v) is 5.50. The summed E-state index contributed by atoms with van der Waals surface area (Å²) in [6.07, 6.45) is 0. The van der Waals surface area contributed by atoms with Gasteiger partial charge in [0.05, 0.1) is 10.6 Å². The fourth-order valence-electron chi connectivity index (χ4n) is 1.42. The van der Waals surface area contributed by atoms with E-state index in [1.165, 1.54) is 12.1 Å². The van der Waals surface area contributed by atoms with Gasteiger partial charge in [0.15, 0.2) is 0 Å². The number of hydrogen-bond acceptors (Lipinski definition) is 3. The molecule has 0 aromatic heterocycles. The highest BCUT2D eigenvalue weighted by Gasteiger charge is 2.07. The minimum Gasteiger partial charge on any atom is -0.478 e. The molecule has 0 saturated carbocycles. The lowest BCUT2D eigenvalue weighted by atomic mass is 10.2. The zero-order valence-corrected chi connectivity index (χ0v) is 10.0. The lowest BCUT2D eigenvalue weighted by Crippen LogP contribution is -1.96. The van der Waals surface area contributed by atoms with E-state index in [0.29, 0.717) is 22.2 Å². The number of anilines is 1. The summed E-state index contributed by atoms with van der Waals surface area (Å²) in [5.41, 5.74) is 6.25. The van der Waals surface area contributed by atoms with Crippen LogP contribution in [-0.2, 0) is 0 Å². The topological polar surface area (TPSA) is 72.5 Å². The lowest BCUT2D eigenvalue weighted by Gasteiger charge is -2.08. The Kier molecular flexibility index (Phi) is 3.39. The molecule has 0 fully saturated rings. The van der Waals surface area contributed by atoms with E-state index in [4.69, 9.17) is 27.2 Å². The van der Waals surface area contributed by atoms with Crippen LogP contribution in [0.15, 0.2) is 42.5 Å². The molecule has 2 rings (SSSR count). The number of carboxylic acid groups (broad SMARTS) is 1. The second kappa shape index (κ2) is 4.98. The number of nitrogen functional groups attached to an aromatic ring is 1. The fourth-order valence-corrected chi connectivity index (χ4v) is 1.65. The zero-order valence-electron chi connectivity index (χ0n) is 9.26. The van der Waals surface area contributed by atoms with Crippen LogP contribution in [0.4, 0.5) is 5.69 Å². The number of hydrogen-bond donors (Lipinski definition) is 2. The van der Waals surface area contributed by atoms with Crippen LogP contribution in [0.3, 0.4) is 0 Å². The predicted molar refractivity (Wildman–Crippen MR) is 69.3 cm³/mol. The summed E-state index contributed by atoms with van der Waals surface area (Å²) < 4.78 is 5.50. The van der Waals surface area contributed by atoms with Crippen LogP contribution in [0.25, 0.3) is 0 Å². The maximum atomic E-state index is 10.8. The van der Waals surface area contributed by atoms with E-state index >= 15 is 0 Å². The van der Waals surface area contributed by atoms with Crippen molar-refractivity contribution in [3.8, 4) is 11.5 Å². The van der Waals surface area contributed by atoms with Gasteiger partial charge in [-0.25, -0.2) is 4.79 Å². The Morgan fingerprint density at radius 3 is 2.67 bits per heavy atom. The highest BCUT2D eigenvalue weighted by molar-refractivity contribution is 6.32. The number of nitrogens with two attached hydrogens (primary N) is 1. The van der Waals surface area contributed by atoms with E-state index in [-0.39, 0.29) is 5.56 Å². The molecule has 0 aliphatic rings. The minimum absolute atomic E-state index is 0.152. The third kappa shape index (κ3) is 2.73. The van der Waals surface area contributed by atoms with Gasteiger partial charge in [-0.2, -0.15) is 0 Å². The number of carboxylic acids is 1. The van der Waals surface area contributed by atoms with Gasteiger partial charge in [0, 0.05) is 5.69 Å². The number of halogens is 1. The second-order valence-corrected chi connectivity index (χ2v) is 4.03. The molecule has 0 heterocycles. The van der Waals surface area contributed by atoms with Gasteiger partial charge in [-0.15, -0.1) is 0 Å². The van der Waals surface area contributed by atoms with Crippen LogP contribution < -0.4 is 10.5 Å². The molecule has 2 aromatic carbocycles. The van der Waals surface area contributed by atoms with Gasteiger partial charge in [0.2, 0.25) is 0 Å². The van der Waals surface area contributed by atoms with Crippen molar-refractivity contribution in [2.75, 3.05) is 5.73 Å². The van der Waals surface area contributed by atoms with Gasteiger partial charge in [0.1, 0.15) is 11.5 Å². The van der Waals surface area contributed by atoms with Crippen molar-refractivity contribution in [2.24, 2.45) is 0 Å². The Morgan fingerprint density at radius 2 is 2.00 bits per heavy atom. The molecule has 0 aliphatic carbocycles. The number of ether oxygens (including phenoxy) is 1. The highest BCUT2D eigenvalue weighted by atomic mass is 35.5. The summed E-state index contributed by atoms with van der Waals surface area (Å²) in [4.78, 5) is 10.8. The Bertz CT molecular complexity index is 599. The van der Waals surface area contributed by atoms with Crippen molar-refractivity contribution in [3.05, 3.63) is 53.1 Å². The van der Waals surface area contributed by atoms with Crippen LogP contribution in [-0.4, -0.2) is 11.1 Å². The summed E-state index contributed by atoms with van der Waals surface area (Å²) in [6.45, 7) is 0. The number of carbonyl (C=O) groups is 1. The molecule has 0 aliphatic heterocycles. The molecule has 92 valence electrons. The van der Waals surface area contributed by atoms with Gasteiger partial charge in [-0.1, -0.05) is 17.7 Å². The molecular weight excluding hydrogens is 254 g/mol. The summed E-state index contributed by atoms with van der Waals surface area (Å²) in [5.74, 6) is -0.182. The van der Waals surface area contributed by atoms with Gasteiger partial charge in [0.25, 0.3) is 0 Å². The second-order valence-electron chi connectivity index (χ2n) is 3.62. The van der Waals surface area contributed by atoms with Gasteiger partial charge in [-0.05, 0) is 36.4 Å². The molecule has 18 heavy (non-hydrogen) atoms. The lowest BCUT2D eigenvalue weighted by molar-refractivity contribution is 0.0696. The van der Waals surface area contributed by atoms with E-state index in [1.807, 2.05) is 0 Å². The number of rotatable bonds is 3. The molecule has 3 N–H and O–H groups in total. The van der Waals surface area contributed by atoms with E-state index in [9.17, 15) is 4.79 Å². The average Bonchev–Trinajstić information content (AvgIpc) is 2.33. The van der Waals surface area contributed by atoms with Gasteiger partial charge < -0.3 is 15.6 Å². The Hall–Kier alpha value is -2.20. The molecule has 0 unspecified atom stereocenters. The van der Waals surface area contributed by atoms with Crippen molar-refractivity contribution in [3.63, 3.8) is 0 Å². The highest BCUT2D eigenvalue weighted by Crippen LogP contribution is 2.31. The third-order valence-electron chi connectivity index (χ3n) is 2.26. The minimum atomic E-state index is -1.01. The van der Waals surface area contributed by atoms with Gasteiger partial charge in [-0.3, -0.25) is 0 Å². The zero-order chi connectivity index (χ0) is 13.1. The summed E-state index contributed by atoms with van der Waals surface area (Å²) in [5, 5.41) is 9.24. The van der Waals surface area contributed by atoms with E-state index < -0.39 is 5.97 Å². The smallest absolute Gasteiger partial charge is 0.335 e. The summed E-state index contributed by atoms with van der Waals surface area (Å²) in [7, 11) is 0. The quantitative estimate of drug-likeness (QED) is 0.833. The predicted octanol–water partition coefficient (Wildman–Crippen LogP) is 3.41. The molecule has 4 nitrogen and oxygen atoms in total. The van der Waals surface area contributed by atoms with E-state index in [0.717, 1.165) is 0 Å². The Balaban J connectivity index is 2.28. The Labute approximate surface area is 109 Å². The third-order valence-corrected chi connectivity index (χ3v) is 2.56. The van der Waals surface area contributed by atoms with Gasteiger partial charge >= 0.3 is 5.97 Å². The molecule has 0 spiro atoms. The Morgan fingerprint density at radius 1 is 1.22 bits per heavy atom. The van der Waals surface area contributed by atoms with Crippen molar-refractivity contribution >= 4 is 23.3 Å². The first kappa shape index (κ1) is 12.3. The van der Waals surface area contributed by atoms with Crippen LogP contribution in [0.2, 0.25) is 5.02 Å². The van der Waals surface area contributed by atoms with Crippen LogP contribution in [0.5, 0.6) is 11.5 Å². The normalized spacial score (nSPS) is 10.1. The van der Waals surface area contributed by atoms with Crippen molar-refractivity contribution in [1.82, 2.24) is 0 Å². The SMILES string of the molecule is Nc1ccc(Oc2cccc(C(=O)O)c2)c(Cl)c1. The molecule has 0 radical (unpaired) electrons. The molecule has 2 aromatic rings. The van der Waals surface area contributed by atoms with Crippen LogP contribution in [0, 0.1) is 0 Å². The maximum Gasteiger partial charge on any atom is 0.335 e. The largest absolute Gasteiger partial charge is 0.478 e. The first-order chi connectivity index (χ1) is 8.56. The molecule has 0 atom stereocenters. The van der Waals surface area contributed by atoms with Crippen molar-refractivity contribution in [1.29, 1.82) is 0 Å². The van der Waals surface area contributed by atoms with Crippen LogP contribution >= 0.6 is 11.6 Å². The molecule has 0 bridgehead atoms. The monoisotopic (exact) mass is 263 g/mol. The average molecular weight is 264 g/mol. The summed E-state index contributed by atoms with van der Waals surface area (Å²) in [6, 6.07) is 11.0. The molecular formula is C13H10ClNO3. The molecule has 0 amide bonds. The molecule has 5 heteroatoms. The van der Waals surface area contributed by atoms with E-state index in [1.54, 1.807) is 30.3 Å². The number of benzene rings is 2. The van der Waals surface area contributed by atoms with Crippen molar-refractivity contribution in [2.45, 2.75) is 0 Å². The van der Waals surface area contributed by atoms with E-state index in [2.05, 4.69) is 0 Å². The first-order valence-electron chi connectivity index (χ1n) is 5.12. The standard InChI is InChI=1S/C13H10ClNO3/c14-11-7-9(15)4-5-12(11)18-10-3-1-2-8(6-10)13(16)17/h1-7H,15H2,(H,16,17). The number of aromatic carboxylic acids is 1. The fraction of sp³-hybridized carbons (Fsp3) is 0. The summed E-state index contributed by atoms with van der Waals surface area (Å²) >= 11 is 5.96. The van der Waals surface area contributed by atoms with Crippen molar-refractivity contribution < 1.29 is 14.6 Å². The molecule has 0 saturated heterocycles.